The SMILES string of the molecule is C[C@H]1C[C@@H]2[C@](C)(N=C(N)C(C)(C)S2(=O)=O)c2cc(Nc3nccc4cc(C(F)(F)F)cnc34)ccc2O1. The fourth-order valence-electron chi connectivity index (χ4n) is 4.97. The zero-order valence-electron chi connectivity index (χ0n) is 20.6. The van der Waals surface area contributed by atoms with E-state index < -0.39 is 43.2 Å². The summed E-state index contributed by atoms with van der Waals surface area (Å²) < 4.78 is 71.6. The van der Waals surface area contributed by atoms with Crippen molar-refractivity contribution in [3.63, 3.8) is 0 Å². The van der Waals surface area contributed by atoms with Gasteiger partial charge >= 0.3 is 6.18 Å². The number of sulfone groups is 1. The van der Waals surface area contributed by atoms with Crippen LogP contribution in [0.1, 0.15) is 45.2 Å². The van der Waals surface area contributed by atoms with Crippen LogP contribution in [0.3, 0.4) is 0 Å². The third kappa shape index (κ3) is 3.89. The lowest BCUT2D eigenvalue weighted by Gasteiger charge is -2.43. The highest BCUT2D eigenvalue weighted by Crippen LogP contribution is 2.49. The maximum atomic E-state index is 13.7. The van der Waals surface area contributed by atoms with Crippen molar-refractivity contribution in [2.45, 2.75) is 61.9 Å². The minimum Gasteiger partial charge on any atom is -0.490 e. The maximum Gasteiger partial charge on any atom is 0.417 e. The summed E-state index contributed by atoms with van der Waals surface area (Å²) in [5.41, 5.74) is 5.42. The predicted molar refractivity (Wildman–Crippen MR) is 135 cm³/mol. The Balaban J connectivity index is 1.62. The first-order chi connectivity index (χ1) is 17.1. The van der Waals surface area contributed by atoms with Crippen LogP contribution >= 0.6 is 0 Å². The molecule has 0 amide bonds. The molecule has 0 spiro atoms. The monoisotopic (exact) mass is 533 g/mol. The molecule has 0 saturated heterocycles. The number of alkyl halides is 3. The van der Waals surface area contributed by atoms with Gasteiger partial charge in [0.05, 0.1) is 16.9 Å². The molecule has 2 aromatic heterocycles. The molecule has 3 atom stereocenters. The molecule has 5 rings (SSSR count). The number of fused-ring (bicyclic) bond motifs is 4. The molecule has 3 N–H and O–H groups in total. The molecule has 0 saturated carbocycles. The number of benzene rings is 1. The minimum atomic E-state index is -4.52. The fraction of sp³-hybridized carbons (Fsp3) is 0.400. The molecule has 12 heteroatoms. The number of ether oxygens (including phenoxy) is 1. The van der Waals surface area contributed by atoms with Crippen molar-refractivity contribution in [3.8, 4) is 5.75 Å². The van der Waals surface area contributed by atoms with E-state index in [9.17, 15) is 21.6 Å². The Labute approximate surface area is 212 Å². The topological polar surface area (TPSA) is 120 Å². The lowest BCUT2D eigenvalue weighted by Crippen LogP contribution is -2.60. The number of anilines is 2. The van der Waals surface area contributed by atoms with Crippen molar-refractivity contribution >= 4 is 38.1 Å². The number of nitrogens with one attached hydrogen (secondary N) is 1. The van der Waals surface area contributed by atoms with Crippen LogP contribution < -0.4 is 15.8 Å². The van der Waals surface area contributed by atoms with Gasteiger partial charge in [0.1, 0.15) is 27.4 Å². The molecule has 4 heterocycles. The zero-order valence-corrected chi connectivity index (χ0v) is 21.4. The first-order valence-corrected chi connectivity index (χ1v) is 13.2. The van der Waals surface area contributed by atoms with Gasteiger partial charge in [-0.2, -0.15) is 13.2 Å². The first kappa shape index (κ1) is 25.2. The number of rotatable bonds is 2. The Morgan fingerprint density at radius 3 is 2.57 bits per heavy atom. The van der Waals surface area contributed by atoms with Crippen LogP contribution in [0.5, 0.6) is 5.75 Å². The Hall–Kier alpha value is -3.41. The molecule has 0 fully saturated rings. The van der Waals surface area contributed by atoms with E-state index >= 15 is 0 Å². The molecule has 1 aromatic carbocycles. The predicted octanol–water partition coefficient (Wildman–Crippen LogP) is 4.71. The number of pyridine rings is 2. The van der Waals surface area contributed by atoms with Crippen LogP contribution in [0.4, 0.5) is 24.7 Å². The van der Waals surface area contributed by atoms with Crippen LogP contribution in [0.15, 0.2) is 47.7 Å². The van der Waals surface area contributed by atoms with Gasteiger partial charge < -0.3 is 15.8 Å². The molecule has 196 valence electrons. The second-order valence-corrected chi connectivity index (χ2v) is 12.8. The Bertz CT molecular complexity index is 1550. The number of halogens is 3. The van der Waals surface area contributed by atoms with E-state index in [-0.39, 0.29) is 29.0 Å². The van der Waals surface area contributed by atoms with Crippen LogP contribution in [0.25, 0.3) is 10.9 Å². The Morgan fingerprint density at radius 2 is 1.86 bits per heavy atom. The largest absolute Gasteiger partial charge is 0.490 e. The summed E-state index contributed by atoms with van der Waals surface area (Å²) in [7, 11) is -3.76. The van der Waals surface area contributed by atoms with Crippen molar-refractivity contribution in [2.75, 3.05) is 5.32 Å². The number of hydrogen-bond acceptors (Lipinski definition) is 8. The number of nitrogens with two attached hydrogens (primary N) is 1. The molecule has 0 bridgehead atoms. The van der Waals surface area contributed by atoms with E-state index in [2.05, 4.69) is 15.3 Å². The highest BCUT2D eigenvalue weighted by atomic mass is 32.2. The summed E-state index contributed by atoms with van der Waals surface area (Å²) in [4.78, 5) is 13.0. The highest BCUT2D eigenvalue weighted by Gasteiger charge is 2.58. The van der Waals surface area contributed by atoms with Crippen LogP contribution in [-0.4, -0.2) is 40.3 Å². The molecule has 0 aliphatic carbocycles. The Morgan fingerprint density at radius 1 is 1.14 bits per heavy atom. The quantitative estimate of drug-likeness (QED) is 0.490. The molecule has 2 aliphatic heterocycles. The summed E-state index contributed by atoms with van der Waals surface area (Å²) in [6, 6.07) is 7.61. The van der Waals surface area contributed by atoms with Crippen LogP contribution in [-0.2, 0) is 21.6 Å². The lowest BCUT2D eigenvalue weighted by molar-refractivity contribution is -0.137. The lowest BCUT2D eigenvalue weighted by atomic mass is 9.85. The van der Waals surface area contributed by atoms with Gasteiger partial charge in [-0.3, -0.25) is 9.98 Å². The van der Waals surface area contributed by atoms with Crippen molar-refractivity contribution < 1.29 is 26.3 Å². The average molecular weight is 534 g/mol. The summed E-state index contributed by atoms with van der Waals surface area (Å²) in [6.07, 6.45) is -2.53. The number of nitrogens with zero attached hydrogens (tertiary/aromatic N) is 3. The summed E-state index contributed by atoms with van der Waals surface area (Å²) >= 11 is 0. The standard InChI is InChI=1S/C25H26F3N5O3S/c1-13-9-19-24(4,33-22(29)23(2,3)37(19,34)35)17-11-16(5-6-18(17)36-13)32-21-20-14(7-8-30-21)10-15(12-31-20)25(26,27)28/h5-8,10-13,19H,9H2,1-4H3,(H2,29,33)(H,30,32)/t13-,19+,24+/m0/s1. The molecule has 0 unspecified atom stereocenters. The van der Waals surface area contributed by atoms with Gasteiger partial charge in [-0.15, -0.1) is 0 Å². The van der Waals surface area contributed by atoms with E-state index in [1.807, 2.05) is 6.92 Å². The van der Waals surface area contributed by atoms with E-state index in [1.165, 1.54) is 12.3 Å². The third-order valence-electron chi connectivity index (χ3n) is 7.27. The number of hydrogen-bond donors (Lipinski definition) is 2. The molecule has 3 aromatic rings. The molecule has 37 heavy (non-hydrogen) atoms. The van der Waals surface area contributed by atoms with Gasteiger partial charge in [0.2, 0.25) is 0 Å². The van der Waals surface area contributed by atoms with Crippen LogP contribution in [0.2, 0.25) is 0 Å². The van der Waals surface area contributed by atoms with Crippen LogP contribution in [0, 0.1) is 0 Å². The highest BCUT2D eigenvalue weighted by molar-refractivity contribution is 7.94. The Kier molecular flexibility index (Phi) is 5.49. The molecular formula is C25H26F3N5O3S. The smallest absolute Gasteiger partial charge is 0.417 e. The number of aliphatic imine (C=N–C) groups is 1. The fourth-order valence-corrected chi connectivity index (χ4v) is 7.32. The second-order valence-electron chi connectivity index (χ2n) is 10.1. The first-order valence-electron chi connectivity index (χ1n) is 11.6. The van der Waals surface area contributed by atoms with Gasteiger partial charge in [-0.1, -0.05) is 0 Å². The van der Waals surface area contributed by atoms with Gasteiger partial charge in [-0.05, 0) is 58.0 Å². The molecule has 8 nitrogen and oxygen atoms in total. The molecule has 2 aliphatic rings. The summed E-state index contributed by atoms with van der Waals surface area (Å²) in [5, 5.41) is 2.49. The maximum absolute atomic E-state index is 13.7. The number of amidine groups is 1. The minimum absolute atomic E-state index is 0.0190. The van der Waals surface area contributed by atoms with Crippen molar-refractivity contribution in [3.05, 3.63) is 53.9 Å². The van der Waals surface area contributed by atoms with Crippen molar-refractivity contribution in [1.82, 2.24) is 9.97 Å². The molecular weight excluding hydrogens is 507 g/mol. The van der Waals surface area contributed by atoms with E-state index in [0.717, 1.165) is 12.3 Å². The van der Waals surface area contributed by atoms with E-state index in [0.29, 0.717) is 17.0 Å². The van der Waals surface area contributed by atoms with Gasteiger partial charge in [-0.25, -0.2) is 13.4 Å². The summed E-state index contributed by atoms with van der Waals surface area (Å²) in [6.45, 7) is 6.66. The normalized spacial score (nSPS) is 26.3. The van der Waals surface area contributed by atoms with Gasteiger partial charge in [0.15, 0.2) is 15.7 Å². The van der Waals surface area contributed by atoms with Crippen molar-refractivity contribution in [2.24, 2.45) is 10.7 Å². The van der Waals surface area contributed by atoms with Gasteiger partial charge in [0.25, 0.3) is 0 Å². The molecule has 0 radical (unpaired) electrons. The van der Waals surface area contributed by atoms with Crippen molar-refractivity contribution in [1.29, 1.82) is 0 Å². The zero-order chi connectivity index (χ0) is 27.0. The van der Waals surface area contributed by atoms with Gasteiger partial charge in [0, 0.05) is 35.5 Å². The van der Waals surface area contributed by atoms with E-state index in [4.69, 9.17) is 15.5 Å². The number of aromatic nitrogens is 2. The average Bonchev–Trinajstić information content (AvgIpc) is 2.92. The second kappa shape index (κ2) is 8.04. The van der Waals surface area contributed by atoms with E-state index in [1.54, 1.807) is 39.0 Å². The summed E-state index contributed by atoms with van der Waals surface area (Å²) in [5.74, 6) is 0.745. The third-order valence-corrected chi connectivity index (χ3v) is 10.3.